The van der Waals surface area contributed by atoms with E-state index < -0.39 is 0 Å². The quantitative estimate of drug-likeness (QED) is 0.451. The van der Waals surface area contributed by atoms with Crippen LogP contribution in [0.5, 0.6) is 0 Å². The Morgan fingerprint density at radius 1 is 1.22 bits per heavy atom. The van der Waals surface area contributed by atoms with Crippen molar-refractivity contribution in [3.63, 3.8) is 0 Å². The first-order chi connectivity index (χ1) is 8.76. The first kappa shape index (κ1) is 14.3. The fraction of sp³-hybridized carbons (Fsp3) is 0.438. The maximum atomic E-state index is 11.1. The minimum absolute atomic E-state index is 0.214. The van der Waals surface area contributed by atoms with Crippen LogP contribution >= 0.6 is 0 Å². The van der Waals surface area contributed by atoms with Gasteiger partial charge in [-0.3, -0.25) is 4.79 Å². The highest BCUT2D eigenvalue weighted by molar-refractivity contribution is 5.72. The molecule has 18 heavy (non-hydrogen) atoms. The summed E-state index contributed by atoms with van der Waals surface area (Å²) in [6.45, 7) is 2.19. The van der Waals surface area contributed by atoms with Gasteiger partial charge in [0.1, 0.15) is 0 Å². The van der Waals surface area contributed by atoms with Gasteiger partial charge in [0.15, 0.2) is 0 Å². The molecule has 0 heterocycles. The minimum atomic E-state index is -0.214. The molecule has 0 aliphatic rings. The predicted octanol–water partition coefficient (Wildman–Crippen LogP) is 3.33. The molecular formula is C16H20O2. The largest absolute Gasteiger partial charge is 0.469 e. The van der Waals surface area contributed by atoms with E-state index in [9.17, 15) is 4.79 Å². The molecule has 0 aliphatic heterocycles. The number of hydrogen-bond acceptors (Lipinski definition) is 2. The molecule has 2 heteroatoms. The van der Waals surface area contributed by atoms with Gasteiger partial charge in [-0.25, -0.2) is 0 Å². The fourth-order valence-electron chi connectivity index (χ4n) is 1.57. The van der Waals surface area contributed by atoms with Crippen molar-refractivity contribution in [1.29, 1.82) is 0 Å². The second kappa shape index (κ2) is 8.36. The zero-order chi connectivity index (χ0) is 13.2. The van der Waals surface area contributed by atoms with E-state index in [0.29, 0.717) is 6.42 Å². The van der Waals surface area contributed by atoms with Gasteiger partial charge in [-0.2, -0.15) is 0 Å². The van der Waals surface area contributed by atoms with Crippen molar-refractivity contribution in [3.8, 4) is 11.8 Å². The molecule has 96 valence electrons. The summed E-state index contributed by atoms with van der Waals surface area (Å²) in [5.41, 5.74) is 1.96. The first-order valence-electron chi connectivity index (χ1n) is 6.41. The van der Waals surface area contributed by atoms with Crippen LogP contribution in [0.1, 0.15) is 43.7 Å². The second-order valence-corrected chi connectivity index (χ2v) is 4.21. The molecule has 0 aliphatic carbocycles. The molecule has 1 aromatic carbocycles. The first-order valence-corrected chi connectivity index (χ1v) is 6.41. The Bertz CT molecular complexity index is 421. The normalized spacial score (nSPS) is 9.44. The van der Waals surface area contributed by atoms with Gasteiger partial charge in [0.25, 0.3) is 0 Å². The second-order valence-electron chi connectivity index (χ2n) is 4.21. The van der Waals surface area contributed by atoms with Gasteiger partial charge in [-0.05, 0) is 24.1 Å². The number of rotatable bonds is 5. The average molecular weight is 244 g/mol. The zero-order valence-corrected chi connectivity index (χ0v) is 11.2. The summed E-state index contributed by atoms with van der Waals surface area (Å²) in [5, 5.41) is 0. The summed E-state index contributed by atoms with van der Waals surface area (Å²) < 4.78 is 4.62. The molecule has 0 N–H and O–H groups in total. The van der Waals surface area contributed by atoms with Gasteiger partial charge >= 0.3 is 5.97 Å². The summed E-state index contributed by atoms with van der Waals surface area (Å²) >= 11 is 0. The van der Waals surface area contributed by atoms with Crippen molar-refractivity contribution in [3.05, 3.63) is 35.4 Å². The summed E-state index contributed by atoms with van der Waals surface area (Å²) in [7, 11) is 1.40. The van der Waals surface area contributed by atoms with Crippen molar-refractivity contribution in [1.82, 2.24) is 0 Å². The van der Waals surface area contributed by atoms with Gasteiger partial charge in [0.2, 0.25) is 0 Å². The predicted molar refractivity (Wildman–Crippen MR) is 73.2 cm³/mol. The monoisotopic (exact) mass is 244 g/mol. The number of ether oxygens (including phenoxy) is 1. The molecule has 0 unspecified atom stereocenters. The van der Waals surface area contributed by atoms with Gasteiger partial charge in [-0.1, -0.05) is 43.7 Å². The van der Waals surface area contributed by atoms with Gasteiger partial charge in [0, 0.05) is 12.0 Å². The van der Waals surface area contributed by atoms with Crippen molar-refractivity contribution in [2.75, 3.05) is 7.11 Å². The SMILES string of the molecule is CCCCCC#Cc1ccc(CC(=O)OC)cc1. The van der Waals surface area contributed by atoms with Gasteiger partial charge < -0.3 is 4.74 Å². The Balaban J connectivity index is 2.47. The van der Waals surface area contributed by atoms with Gasteiger partial charge in [-0.15, -0.1) is 0 Å². The summed E-state index contributed by atoms with van der Waals surface area (Å²) in [6, 6.07) is 7.75. The van der Waals surface area contributed by atoms with E-state index in [1.807, 2.05) is 24.3 Å². The smallest absolute Gasteiger partial charge is 0.309 e. The number of esters is 1. The Morgan fingerprint density at radius 2 is 1.94 bits per heavy atom. The van der Waals surface area contributed by atoms with Crippen LogP contribution in [0.4, 0.5) is 0 Å². The van der Waals surface area contributed by atoms with Crippen LogP contribution in [0.25, 0.3) is 0 Å². The third kappa shape index (κ3) is 5.54. The molecule has 1 aromatic rings. The van der Waals surface area contributed by atoms with Crippen LogP contribution in [0.3, 0.4) is 0 Å². The van der Waals surface area contributed by atoms with E-state index >= 15 is 0 Å². The molecule has 2 nitrogen and oxygen atoms in total. The molecule has 0 fully saturated rings. The van der Waals surface area contributed by atoms with E-state index in [0.717, 1.165) is 17.5 Å². The third-order valence-corrected chi connectivity index (χ3v) is 2.67. The fourth-order valence-corrected chi connectivity index (χ4v) is 1.57. The van der Waals surface area contributed by atoms with E-state index in [2.05, 4.69) is 23.5 Å². The Morgan fingerprint density at radius 3 is 2.56 bits per heavy atom. The number of carbonyl (C=O) groups excluding carboxylic acids is 1. The summed E-state index contributed by atoms with van der Waals surface area (Å²) in [4.78, 5) is 11.1. The number of methoxy groups -OCH3 is 1. The van der Waals surface area contributed by atoms with Crippen LogP contribution in [-0.4, -0.2) is 13.1 Å². The van der Waals surface area contributed by atoms with Crippen LogP contribution in [0.15, 0.2) is 24.3 Å². The van der Waals surface area contributed by atoms with Crippen LogP contribution < -0.4 is 0 Å². The number of carbonyl (C=O) groups is 1. The number of benzene rings is 1. The molecule has 0 saturated carbocycles. The van der Waals surface area contributed by atoms with Crippen molar-refractivity contribution < 1.29 is 9.53 Å². The lowest BCUT2D eigenvalue weighted by Crippen LogP contribution is -2.04. The maximum Gasteiger partial charge on any atom is 0.309 e. The van der Waals surface area contributed by atoms with E-state index in [4.69, 9.17) is 0 Å². The lowest BCUT2D eigenvalue weighted by molar-refractivity contribution is -0.139. The summed E-state index contributed by atoms with van der Waals surface area (Å²) in [5.74, 6) is 6.08. The Labute approximate surface area is 109 Å². The van der Waals surface area contributed by atoms with Crippen LogP contribution in [0, 0.1) is 11.8 Å². The van der Waals surface area contributed by atoms with Crippen molar-refractivity contribution in [2.24, 2.45) is 0 Å². The van der Waals surface area contributed by atoms with E-state index in [-0.39, 0.29) is 5.97 Å². The standard InChI is InChI=1S/C16H20O2/c1-3-4-5-6-7-8-14-9-11-15(12-10-14)13-16(17)18-2/h9-12H,3-6,13H2,1-2H3. The maximum absolute atomic E-state index is 11.1. The minimum Gasteiger partial charge on any atom is -0.469 e. The highest BCUT2D eigenvalue weighted by atomic mass is 16.5. The Kier molecular flexibility index (Phi) is 6.64. The van der Waals surface area contributed by atoms with E-state index in [1.165, 1.54) is 26.4 Å². The van der Waals surface area contributed by atoms with Crippen molar-refractivity contribution in [2.45, 2.75) is 39.0 Å². The molecular weight excluding hydrogens is 224 g/mol. The summed E-state index contributed by atoms with van der Waals surface area (Å²) in [6.07, 6.45) is 4.92. The van der Waals surface area contributed by atoms with Crippen LogP contribution in [0.2, 0.25) is 0 Å². The third-order valence-electron chi connectivity index (χ3n) is 2.67. The highest BCUT2D eigenvalue weighted by Gasteiger charge is 2.01. The van der Waals surface area contributed by atoms with Gasteiger partial charge in [0.05, 0.1) is 13.5 Å². The number of hydrogen-bond donors (Lipinski definition) is 0. The lowest BCUT2D eigenvalue weighted by Gasteiger charge is -1.99. The average Bonchev–Trinajstić information content (AvgIpc) is 2.40. The molecule has 1 rings (SSSR count). The van der Waals surface area contributed by atoms with E-state index in [1.54, 1.807) is 0 Å². The molecule has 0 amide bonds. The van der Waals surface area contributed by atoms with Crippen LogP contribution in [-0.2, 0) is 16.0 Å². The molecule has 0 spiro atoms. The molecule has 0 radical (unpaired) electrons. The molecule has 0 aromatic heterocycles. The molecule has 0 saturated heterocycles. The highest BCUT2D eigenvalue weighted by Crippen LogP contribution is 2.05. The zero-order valence-electron chi connectivity index (χ0n) is 11.2. The lowest BCUT2D eigenvalue weighted by atomic mass is 10.1. The molecule has 0 atom stereocenters. The molecule has 0 bridgehead atoms. The number of unbranched alkanes of at least 4 members (excludes halogenated alkanes) is 3. The topological polar surface area (TPSA) is 26.3 Å². The Hall–Kier alpha value is -1.75. The van der Waals surface area contributed by atoms with Crippen molar-refractivity contribution >= 4 is 5.97 Å².